The fourth-order valence-electron chi connectivity index (χ4n) is 3.28. The molecule has 3 aromatic carbocycles. The lowest BCUT2D eigenvalue weighted by Gasteiger charge is -2.09. The number of hydrogen-bond acceptors (Lipinski definition) is 5. The maximum Gasteiger partial charge on any atom is 0.232 e. The van der Waals surface area contributed by atoms with E-state index in [2.05, 4.69) is 0 Å². The quantitative estimate of drug-likeness (QED) is 0.377. The zero-order valence-electron chi connectivity index (χ0n) is 17.0. The molecular weight excluding hydrogens is 416 g/mol. The van der Waals surface area contributed by atoms with Crippen LogP contribution in [-0.2, 0) is 0 Å². The molecule has 5 nitrogen and oxygen atoms in total. The van der Waals surface area contributed by atoms with Crippen molar-refractivity contribution >= 4 is 29.2 Å². The zero-order chi connectivity index (χ0) is 22.0. The Hall–Kier alpha value is -3.57. The monoisotopic (exact) mass is 434 g/mol. The molecule has 0 aliphatic carbocycles. The van der Waals surface area contributed by atoms with Crippen LogP contribution in [0.3, 0.4) is 0 Å². The second-order valence-corrected chi connectivity index (χ2v) is 7.48. The molecular formula is C25H19ClO5. The van der Waals surface area contributed by atoms with Gasteiger partial charge in [-0.1, -0.05) is 23.7 Å². The Morgan fingerprint density at radius 2 is 1.74 bits per heavy atom. The third kappa shape index (κ3) is 4.47. The van der Waals surface area contributed by atoms with Gasteiger partial charge in [0.2, 0.25) is 5.78 Å². The van der Waals surface area contributed by atoms with E-state index >= 15 is 0 Å². The molecule has 4 rings (SSSR count). The summed E-state index contributed by atoms with van der Waals surface area (Å²) in [6, 6.07) is 17.3. The summed E-state index contributed by atoms with van der Waals surface area (Å²) in [5.41, 5.74) is 2.55. The lowest BCUT2D eigenvalue weighted by Crippen LogP contribution is -2.11. The van der Waals surface area contributed by atoms with Crippen LogP contribution in [0.25, 0.3) is 6.08 Å². The topological polar surface area (TPSA) is 61.8 Å². The molecule has 6 heteroatoms. The first-order valence-electron chi connectivity index (χ1n) is 9.59. The van der Waals surface area contributed by atoms with Gasteiger partial charge in [-0.2, -0.15) is 0 Å². The van der Waals surface area contributed by atoms with Gasteiger partial charge in [0.15, 0.2) is 18.1 Å². The Morgan fingerprint density at radius 3 is 2.42 bits per heavy atom. The van der Waals surface area contributed by atoms with Crippen molar-refractivity contribution < 1.29 is 23.8 Å². The summed E-state index contributed by atoms with van der Waals surface area (Å²) < 4.78 is 16.6. The van der Waals surface area contributed by atoms with Gasteiger partial charge in [-0.05, 0) is 66.6 Å². The molecule has 3 aromatic rings. The Morgan fingerprint density at radius 1 is 1.03 bits per heavy atom. The summed E-state index contributed by atoms with van der Waals surface area (Å²) in [4.78, 5) is 25.1. The highest BCUT2D eigenvalue weighted by Gasteiger charge is 2.30. The molecule has 0 amide bonds. The smallest absolute Gasteiger partial charge is 0.232 e. The van der Waals surface area contributed by atoms with Crippen molar-refractivity contribution in [1.82, 2.24) is 0 Å². The molecule has 0 saturated carbocycles. The normalized spacial score (nSPS) is 13.6. The number of halogens is 1. The van der Waals surface area contributed by atoms with Crippen molar-refractivity contribution in [2.24, 2.45) is 0 Å². The maximum atomic E-state index is 12.8. The molecule has 0 bridgehead atoms. The molecule has 0 saturated heterocycles. The first-order valence-corrected chi connectivity index (χ1v) is 9.97. The van der Waals surface area contributed by atoms with Crippen molar-refractivity contribution in [3.05, 3.63) is 93.7 Å². The number of methoxy groups -OCH3 is 1. The van der Waals surface area contributed by atoms with E-state index in [0.717, 1.165) is 16.9 Å². The number of rotatable bonds is 6. The fourth-order valence-corrected chi connectivity index (χ4v) is 3.41. The number of ketones is 2. The van der Waals surface area contributed by atoms with Crippen LogP contribution >= 0.6 is 11.6 Å². The van der Waals surface area contributed by atoms with Gasteiger partial charge in [0.1, 0.15) is 17.2 Å². The predicted octanol–water partition coefficient (Wildman–Crippen LogP) is 5.53. The molecule has 0 N–H and O–H groups in total. The number of carbonyl (C=O) groups is 2. The van der Waals surface area contributed by atoms with E-state index in [0.29, 0.717) is 27.6 Å². The molecule has 0 atom stereocenters. The second-order valence-electron chi connectivity index (χ2n) is 7.04. The number of fused-ring (bicyclic) bond motifs is 1. The van der Waals surface area contributed by atoms with Crippen molar-refractivity contribution in [2.75, 3.05) is 13.7 Å². The fraction of sp³-hybridized carbons (Fsp3) is 0.120. The van der Waals surface area contributed by atoms with E-state index < -0.39 is 0 Å². The van der Waals surface area contributed by atoms with Crippen LogP contribution in [0.5, 0.6) is 17.2 Å². The highest BCUT2D eigenvalue weighted by Crippen LogP contribution is 2.37. The predicted molar refractivity (Wildman–Crippen MR) is 118 cm³/mol. The molecule has 0 fully saturated rings. The van der Waals surface area contributed by atoms with Gasteiger partial charge >= 0.3 is 0 Å². The summed E-state index contributed by atoms with van der Waals surface area (Å²) in [6.07, 6.45) is 1.69. The second kappa shape index (κ2) is 8.66. The summed E-state index contributed by atoms with van der Waals surface area (Å²) in [6.45, 7) is 1.67. The number of allylic oxidation sites excluding steroid dienone is 1. The van der Waals surface area contributed by atoms with Crippen LogP contribution in [0, 0.1) is 6.92 Å². The minimum absolute atomic E-state index is 0.137. The molecule has 31 heavy (non-hydrogen) atoms. The van der Waals surface area contributed by atoms with Gasteiger partial charge in [0.25, 0.3) is 0 Å². The number of Topliss-reactive ketones (excluding diaryl/α,β-unsaturated/α-hetero) is 2. The Bertz CT molecular complexity index is 1180. The van der Waals surface area contributed by atoms with Gasteiger partial charge < -0.3 is 14.2 Å². The highest BCUT2D eigenvalue weighted by atomic mass is 35.5. The molecule has 0 spiro atoms. The molecule has 0 unspecified atom stereocenters. The highest BCUT2D eigenvalue weighted by molar-refractivity contribution is 6.30. The molecule has 1 heterocycles. The van der Waals surface area contributed by atoms with E-state index in [-0.39, 0.29) is 23.9 Å². The standard InChI is InChI=1S/C25H19ClO5/c1-15-11-20(30-14-21(27)17-5-7-18(26)8-6-17)13-22-24(15)25(28)23(31-22)12-16-3-9-19(29-2)10-4-16/h3-13H,14H2,1-2H3/b23-12-. The van der Waals surface area contributed by atoms with Gasteiger partial charge in [0, 0.05) is 16.7 Å². The maximum absolute atomic E-state index is 12.8. The Labute approximate surface area is 184 Å². The van der Waals surface area contributed by atoms with Gasteiger partial charge in [-0.25, -0.2) is 0 Å². The number of carbonyl (C=O) groups excluding carboxylic acids is 2. The summed E-state index contributed by atoms with van der Waals surface area (Å²) in [7, 11) is 1.60. The Balaban J connectivity index is 1.50. The molecule has 0 aromatic heterocycles. The molecule has 1 aliphatic heterocycles. The third-order valence-electron chi connectivity index (χ3n) is 4.89. The first kappa shape index (κ1) is 20.7. The number of hydrogen-bond donors (Lipinski definition) is 0. The van der Waals surface area contributed by atoms with Crippen LogP contribution in [0.1, 0.15) is 31.8 Å². The van der Waals surface area contributed by atoms with Crippen LogP contribution in [0.15, 0.2) is 66.4 Å². The van der Waals surface area contributed by atoms with E-state index in [9.17, 15) is 9.59 Å². The van der Waals surface area contributed by atoms with E-state index in [4.69, 9.17) is 25.8 Å². The molecule has 156 valence electrons. The summed E-state index contributed by atoms with van der Waals surface area (Å²) >= 11 is 5.85. The van der Waals surface area contributed by atoms with Crippen LogP contribution in [-0.4, -0.2) is 25.3 Å². The zero-order valence-corrected chi connectivity index (χ0v) is 17.7. The van der Waals surface area contributed by atoms with Crippen molar-refractivity contribution in [2.45, 2.75) is 6.92 Å². The number of benzene rings is 3. The lowest BCUT2D eigenvalue weighted by atomic mass is 10.0. The number of aryl methyl sites for hydroxylation is 1. The van der Waals surface area contributed by atoms with Crippen LogP contribution in [0.2, 0.25) is 5.02 Å². The van der Waals surface area contributed by atoms with Gasteiger partial charge in [-0.15, -0.1) is 0 Å². The summed E-state index contributed by atoms with van der Waals surface area (Å²) in [5, 5.41) is 0.562. The molecule has 1 aliphatic rings. The van der Waals surface area contributed by atoms with Crippen molar-refractivity contribution in [1.29, 1.82) is 0 Å². The van der Waals surface area contributed by atoms with E-state index in [1.165, 1.54) is 0 Å². The third-order valence-corrected chi connectivity index (χ3v) is 5.15. The Kier molecular flexibility index (Phi) is 5.78. The SMILES string of the molecule is COc1ccc(/C=C2\Oc3cc(OCC(=O)c4ccc(Cl)cc4)cc(C)c3C2=O)cc1. The summed E-state index contributed by atoms with van der Waals surface area (Å²) in [5.74, 6) is 1.47. The van der Waals surface area contributed by atoms with Crippen molar-refractivity contribution in [3.63, 3.8) is 0 Å². The molecule has 0 radical (unpaired) electrons. The van der Waals surface area contributed by atoms with Gasteiger partial charge in [0.05, 0.1) is 12.7 Å². The van der Waals surface area contributed by atoms with Crippen LogP contribution in [0.4, 0.5) is 0 Å². The number of ether oxygens (including phenoxy) is 3. The lowest BCUT2D eigenvalue weighted by molar-refractivity contribution is 0.0920. The van der Waals surface area contributed by atoms with Crippen LogP contribution < -0.4 is 14.2 Å². The minimum Gasteiger partial charge on any atom is -0.497 e. The average molecular weight is 435 g/mol. The van der Waals surface area contributed by atoms with E-state index in [1.807, 2.05) is 31.2 Å². The average Bonchev–Trinajstić information content (AvgIpc) is 3.08. The van der Waals surface area contributed by atoms with Gasteiger partial charge in [-0.3, -0.25) is 9.59 Å². The van der Waals surface area contributed by atoms with Crippen molar-refractivity contribution in [3.8, 4) is 17.2 Å². The van der Waals surface area contributed by atoms with E-state index in [1.54, 1.807) is 49.6 Å². The minimum atomic E-state index is -0.188. The largest absolute Gasteiger partial charge is 0.497 e. The first-order chi connectivity index (χ1) is 14.9.